The summed E-state index contributed by atoms with van der Waals surface area (Å²) in [7, 11) is 0. The first-order valence-corrected chi connectivity index (χ1v) is 6.69. The lowest BCUT2D eigenvalue weighted by Crippen LogP contribution is -2.43. The summed E-state index contributed by atoms with van der Waals surface area (Å²) in [6, 6.07) is 7.39. The van der Waals surface area contributed by atoms with Gasteiger partial charge in [0.15, 0.2) is 0 Å². The highest BCUT2D eigenvalue weighted by molar-refractivity contribution is 5.88. The number of benzene rings is 1. The molecule has 2 aliphatic rings. The van der Waals surface area contributed by atoms with E-state index in [1.165, 1.54) is 0 Å². The van der Waals surface area contributed by atoms with Crippen molar-refractivity contribution in [1.82, 2.24) is 5.32 Å². The number of aliphatic carboxylic acids is 1. The Morgan fingerprint density at radius 2 is 2.05 bits per heavy atom. The highest BCUT2D eigenvalue weighted by atomic mass is 16.4. The van der Waals surface area contributed by atoms with Gasteiger partial charge in [-0.05, 0) is 18.1 Å². The molecule has 104 valence electrons. The van der Waals surface area contributed by atoms with Crippen molar-refractivity contribution in [1.29, 1.82) is 0 Å². The number of carbonyl (C=O) groups is 2. The minimum absolute atomic E-state index is 0.0816. The van der Waals surface area contributed by atoms with Crippen molar-refractivity contribution < 1.29 is 14.7 Å². The standard InChI is InChI=1S/C15H16N2O3/c18-14(16-11-6-5-10(7-11)15(19)20)13-8-9-3-1-2-4-12(9)17-13/h1-6,10-11,13,17H,7-8H2,(H,16,18)(H,19,20). The van der Waals surface area contributed by atoms with Gasteiger partial charge in [-0.3, -0.25) is 9.59 Å². The van der Waals surface area contributed by atoms with Gasteiger partial charge in [-0.2, -0.15) is 0 Å². The Hall–Kier alpha value is -2.30. The summed E-state index contributed by atoms with van der Waals surface area (Å²) in [4.78, 5) is 23.1. The quantitative estimate of drug-likeness (QED) is 0.722. The van der Waals surface area contributed by atoms with Gasteiger partial charge >= 0.3 is 5.97 Å². The number of para-hydroxylation sites is 1. The van der Waals surface area contributed by atoms with Crippen LogP contribution < -0.4 is 10.6 Å². The van der Waals surface area contributed by atoms with Gasteiger partial charge in [0.2, 0.25) is 5.91 Å². The van der Waals surface area contributed by atoms with Crippen molar-refractivity contribution in [3.63, 3.8) is 0 Å². The van der Waals surface area contributed by atoms with E-state index in [0.29, 0.717) is 12.8 Å². The van der Waals surface area contributed by atoms with Crippen molar-refractivity contribution in [2.45, 2.75) is 24.9 Å². The molecule has 1 heterocycles. The molecule has 20 heavy (non-hydrogen) atoms. The van der Waals surface area contributed by atoms with Crippen molar-refractivity contribution in [2.24, 2.45) is 5.92 Å². The zero-order valence-corrected chi connectivity index (χ0v) is 10.9. The van der Waals surface area contributed by atoms with Crippen molar-refractivity contribution in [3.8, 4) is 0 Å². The Balaban J connectivity index is 1.57. The monoisotopic (exact) mass is 272 g/mol. The molecule has 1 aromatic rings. The summed E-state index contributed by atoms with van der Waals surface area (Å²) in [5.41, 5.74) is 2.14. The first-order chi connectivity index (χ1) is 9.63. The van der Waals surface area contributed by atoms with Gasteiger partial charge in [-0.25, -0.2) is 0 Å². The van der Waals surface area contributed by atoms with Crippen LogP contribution in [-0.4, -0.2) is 29.1 Å². The normalized spacial score (nSPS) is 26.9. The third-order valence-electron chi connectivity index (χ3n) is 3.82. The first kappa shape index (κ1) is 12.7. The molecule has 1 amide bonds. The van der Waals surface area contributed by atoms with E-state index in [2.05, 4.69) is 10.6 Å². The molecular weight excluding hydrogens is 256 g/mol. The molecule has 0 saturated heterocycles. The van der Waals surface area contributed by atoms with E-state index in [9.17, 15) is 9.59 Å². The Morgan fingerprint density at radius 1 is 1.25 bits per heavy atom. The minimum Gasteiger partial charge on any atom is -0.481 e. The molecule has 0 fully saturated rings. The van der Waals surface area contributed by atoms with E-state index in [-0.39, 0.29) is 18.0 Å². The molecule has 0 bridgehead atoms. The summed E-state index contributed by atoms with van der Waals surface area (Å²) in [6.45, 7) is 0. The van der Waals surface area contributed by atoms with E-state index >= 15 is 0 Å². The van der Waals surface area contributed by atoms with Gasteiger partial charge < -0.3 is 15.7 Å². The zero-order chi connectivity index (χ0) is 14.1. The predicted molar refractivity (Wildman–Crippen MR) is 74.4 cm³/mol. The van der Waals surface area contributed by atoms with Crippen LogP contribution in [0, 0.1) is 5.92 Å². The highest BCUT2D eigenvalue weighted by Crippen LogP contribution is 2.25. The Morgan fingerprint density at radius 3 is 2.75 bits per heavy atom. The third kappa shape index (κ3) is 2.39. The second-order valence-corrected chi connectivity index (χ2v) is 5.24. The average molecular weight is 272 g/mol. The fraction of sp³-hybridized carbons (Fsp3) is 0.333. The highest BCUT2D eigenvalue weighted by Gasteiger charge is 2.30. The lowest BCUT2D eigenvalue weighted by molar-refractivity contribution is -0.140. The van der Waals surface area contributed by atoms with Crippen LogP contribution in [0.2, 0.25) is 0 Å². The number of hydrogen-bond acceptors (Lipinski definition) is 3. The number of amides is 1. The van der Waals surface area contributed by atoms with Crippen LogP contribution in [0.25, 0.3) is 0 Å². The fourth-order valence-electron chi connectivity index (χ4n) is 2.73. The molecule has 0 radical (unpaired) electrons. The van der Waals surface area contributed by atoms with Crippen LogP contribution in [0.5, 0.6) is 0 Å². The number of carbonyl (C=O) groups excluding carboxylic acids is 1. The molecule has 0 spiro atoms. The number of anilines is 1. The number of nitrogens with one attached hydrogen (secondary N) is 2. The lowest BCUT2D eigenvalue weighted by Gasteiger charge is -2.16. The minimum atomic E-state index is -0.843. The molecule has 0 saturated carbocycles. The number of hydrogen-bond donors (Lipinski definition) is 3. The molecule has 3 rings (SSSR count). The number of carboxylic acids is 1. The van der Waals surface area contributed by atoms with Crippen LogP contribution >= 0.6 is 0 Å². The largest absolute Gasteiger partial charge is 0.481 e. The molecule has 3 N–H and O–H groups in total. The van der Waals surface area contributed by atoms with Crippen LogP contribution in [0.3, 0.4) is 0 Å². The maximum absolute atomic E-state index is 12.2. The van der Waals surface area contributed by atoms with Gasteiger partial charge in [-0.1, -0.05) is 30.4 Å². The van der Waals surface area contributed by atoms with Crippen molar-refractivity contribution >= 4 is 17.6 Å². The molecule has 3 atom stereocenters. The summed E-state index contributed by atoms with van der Waals surface area (Å²) in [5, 5.41) is 15.0. The maximum atomic E-state index is 12.2. The van der Waals surface area contributed by atoms with Gasteiger partial charge in [0.1, 0.15) is 6.04 Å². The van der Waals surface area contributed by atoms with E-state index in [4.69, 9.17) is 5.11 Å². The van der Waals surface area contributed by atoms with Gasteiger partial charge in [0.05, 0.1) is 5.92 Å². The Kier molecular flexibility index (Phi) is 3.18. The predicted octanol–water partition coefficient (Wildman–Crippen LogP) is 1.17. The SMILES string of the molecule is O=C(O)C1C=CC(NC(=O)C2Cc3ccccc3N2)C1. The average Bonchev–Trinajstić information content (AvgIpc) is 3.04. The molecule has 3 unspecified atom stereocenters. The van der Waals surface area contributed by atoms with Crippen LogP contribution in [-0.2, 0) is 16.0 Å². The topological polar surface area (TPSA) is 78.4 Å². The lowest BCUT2D eigenvalue weighted by atomic mass is 10.1. The van der Waals surface area contributed by atoms with Crippen LogP contribution in [0.4, 0.5) is 5.69 Å². The summed E-state index contributed by atoms with van der Waals surface area (Å²) < 4.78 is 0. The van der Waals surface area contributed by atoms with Crippen molar-refractivity contribution in [3.05, 3.63) is 42.0 Å². The second-order valence-electron chi connectivity index (χ2n) is 5.24. The van der Waals surface area contributed by atoms with Crippen LogP contribution in [0.1, 0.15) is 12.0 Å². The molecule has 0 aromatic heterocycles. The smallest absolute Gasteiger partial charge is 0.310 e. The molecule has 1 aliphatic heterocycles. The summed E-state index contributed by atoms with van der Waals surface area (Å²) in [5.74, 6) is -1.42. The third-order valence-corrected chi connectivity index (χ3v) is 3.82. The number of rotatable bonds is 3. The van der Waals surface area contributed by atoms with E-state index in [0.717, 1.165) is 11.3 Å². The summed E-state index contributed by atoms with van der Waals surface area (Å²) in [6.07, 6.45) is 4.50. The van der Waals surface area contributed by atoms with E-state index in [1.54, 1.807) is 12.2 Å². The van der Waals surface area contributed by atoms with E-state index in [1.807, 2.05) is 24.3 Å². The maximum Gasteiger partial charge on any atom is 0.310 e. The molecule has 1 aliphatic carbocycles. The van der Waals surface area contributed by atoms with Gasteiger partial charge in [0, 0.05) is 18.2 Å². The summed E-state index contributed by atoms with van der Waals surface area (Å²) >= 11 is 0. The Bertz CT molecular complexity index is 557. The first-order valence-electron chi connectivity index (χ1n) is 6.69. The van der Waals surface area contributed by atoms with E-state index < -0.39 is 11.9 Å². The van der Waals surface area contributed by atoms with Crippen LogP contribution in [0.15, 0.2) is 36.4 Å². The second kappa shape index (κ2) is 5.00. The molecular formula is C15H16N2O3. The van der Waals surface area contributed by atoms with Gasteiger partial charge in [0.25, 0.3) is 0 Å². The van der Waals surface area contributed by atoms with Gasteiger partial charge in [-0.15, -0.1) is 0 Å². The number of fused-ring (bicyclic) bond motifs is 1. The molecule has 1 aromatic carbocycles. The molecule has 5 heteroatoms. The fourth-order valence-corrected chi connectivity index (χ4v) is 2.73. The molecule has 5 nitrogen and oxygen atoms in total. The van der Waals surface area contributed by atoms with Crippen molar-refractivity contribution in [2.75, 3.05) is 5.32 Å². The number of carboxylic acid groups (broad SMARTS) is 1. The Labute approximate surface area is 116 Å². The zero-order valence-electron chi connectivity index (χ0n) is 10.9.